The number of thioether (sulfide) groups is 1. The number of anilines is 1. The summed E-state index contributed by atoms with van der Waals surface area (Å²) < 4.78 is 0. The number of carbonyl (C=O) groups is 1. The molecule has 1 aromatic carbocycles. The van der Waals surface area contributed by atoms with E-state index in [1.165, 1.54) is 0 Å². The molecule has 16 heavy (non-hydrogen) atoms. The third-order valence-electron chi connectivity index (χ3n) is 2.59. The summed E-state index contributed by atoms with van der Waals surface area (Å²) in [6.07, 6.45) is 2.40. The second kappa shape index (κ2) is 4.65. The van der Waals surface area contributed by atoms with E-state index in [0.29, 0.717) is 18.0 Å². The molecule has 1 saturated heterocycles. The smallest absolute Gasteiger partial charge is 0.228 e. The number of amides is 1. The largest absolute Gasteiger partial charge is 0.326 e. The molecule has 1 aliphatic heterocycles. The van der Waals surface area contributed by atoms with Crippen LogP contribution in [0.2, 0.25) is 5.02 Å². The molecule has 0 aromatic heterocycles. The number of nitrogens with zero attached hydrogens (tertiary/aromatic N) is 1. The topological polar surface area (TPSA) is 46.3 Å². The highest BCUT2D eigenvalue weighted by Crippen LogP contribution is 2.33. The average Bonchev–Trinajstić information content (AvgIpc) is 2.57. The number of benzene rings is 1. The van der Waals surface area contributed by atoms with E-state index in [9.17, 15) is 4.79 Å². The van der Waals surface area contributed by atoms with Crippen molar-refractivity contribution in [1.82, 2.24) is 0 Å². The Bertz CT molecular complexity index is 424. The molecule has 86 valence electrons. The third kappa shape index (κ3) is 2.19. The first-order valence-corrected chi connectivity index (χ1v) is 6.61. The van der Waals surface area contributed by atoms with Crippen LogP contribution in [0.3, 0.4) is 0 Å². The highest BCUT2D eigenvalue weighted by Gasteiger charge is 2.29. The first kappa shape index (κ1) is 11.8. The minimum atomic E-state index is -0.0683. The molecular weight excluding hydrogens is 244 g/mol. The van der Waals surface area contributed by atoms with Crippen LogP contribution in [0.1, 0.15) is 6.42 Å². The number of halogens is 1. The van der Waals surface area contributed by atoms with Crippen molar-refractivity contribution in [1.29, 1.82) is 0 Å². The molecule has 0 radical (unpaired) electrons. The molecule has 1 fully saturated rings. The van der Waals surface area contributed by atoms with Gasteiger partial charge in [-0.15, -0.1) is 11.8 Å². The molecule has 0 spiro atoms. The van der Waals surface area contributed by atoms with Crippen LogP contribution >= 0.6 is 23.4 Å². The van der Waals surface area contributed by atoms with Gasteiger partial charge in [-0.1, -0.05) is 11.6 Å². The maximum Gasteiger partial charge on any atom is 0.228 e. The fourth-order valence-electron chi connectivity index (χ4n) is 1.84. The van der Waals surface area contributed by atoms with Crippen molar-refractivity contribution in [2.45, 2.75) is 17.4 Å². The van der Waals surface area contributed by atoms with E-state index >= 15 is 0 Å². The van der Waals surface area contributed by atoms with Crippen molar-refractivity contribution in [2.75, 3.05) is 17.7 Å². The van der Waals surface area contributed by atoms with E-state index in [1.807, 2.05) is 24.5 Å². The van der Waals surface area contributed by atoms with E-state index in [1.54, 1.807) is 16.7 Å². The summed E-state index contributed by atoms with van der Waals surface area (Å²) in [7, 11) is 0. The Morgan fingerprint density at radius 3 is 2.88 bits per heavy atom. The lowest BCUT2D eigenvalue weighted by Crippen LogP contribution is -2.28. The Labute approximate surface area is 104 Å². The standard InChI is InChI=1S/C11H13ClN2OS/c1-16-10-3-2-7(12)4-9(10)14-6-8(13)5-11(14)15/h2-4,8H,5-6,13H2,1H3. The molecule has 2 N–H and O–H groups in total. The first-order valence-electron chi connectivity index (χ1n) is 5.01. The number of rotatable bonds is 2. The van der Waals surface area contributed by atoms with Gasteiger partial charge in [0.15, 0.2) is 0 Å². The zero-order valence-corrected chi connectivity index (χ0v) is 10.5. The van der Waals surface area contributed by atoms with Crippen LogP contribution < -0.4 is 10.6 Å². The van der Waals surface area contributed by atoms with Gasteiger partial charge in [-0.05, 0) is 24.5 Å². The second-order valence-corrected chi connectivity index (χ2v) is 5.07. The Morgan fingerprint density at radius 1 is 1.56 bits per heavy atom. The molecule has 0 bridgehead atoms. The Hall–Kier alpha value is -0.710. The molecule has 1 aliphatic rings. The van der Waals surface area contributed by atoms with Crippen LogP contribution in [0, 0.1) is 0 Å². The predicted octanol–water partition coefficient (Wildman–Crippen LogP) is 2.13. The average molecular weight is 257 g/mol. The molecule has 1 amide bonds. The van der Waals surface area contributed by atoms with Crippen LogP contribution in [0.15, 0.2) is 23.1 Å². The lowest BCUT2D eigenvalue weighted by Gasteiger charge is -2.19. The summed E-state index contributed by atoms with van der Waals surface area (Å²) in [4.78, 5) is 14.5. The van der Waals surface area contributed by atoms with Gasteiger partial charge >= 0.3 is 0 Å². The van der Waals surface area contributed by atoms with Crippen LogP contribution in [0.25, 0.3) is 0 Å². The molecule has 1 atom stereocenters. The van der Waals surface area contributed by atoms with E-state index < -0.39 is 0 Å². The van der Waals surface area contributed by atoms with E-state index in [-0.39, 0.29) is 11.9 Å². The van der Waals surface area contributed by atoms with Crippen molar-refractivity contribution in [3.8, 4) is 0 Å². The molecule has 0 saturated carbocycles. The second-order valence-electron chi connectivity index (χ2n) is 3.78. The molecule has 1 unspecified atom stereocenters. The Balaban J connectivity index is 2.39. The molecule has 1 heterocycles. The van der Waals surface area contributed by atoms with E-state index in [2.05, 4.69) is 0 Å². The molecule has 5 heteroatoms. The maximum absolute atomic E-state index is 11.8. The van der Waals surface area contributed by atoms with Crippen molar-refractivity contribution in [3.05, 3.63) is 23.2 Å². The fraction of sp³-hybridized carbons (Fsp3) is 0.364. The fourth-order valence-corrected chi connectivity index (χ4v) is 2.59. The van der Waals surface area contributed by atoms with Gasteiger partial charge in [-0.3, -0.25) is 4.79 Å². The van der Waals surface area contributed by atoms with Gasteiger partial charge in [0.2, 0.25) is 5.91 Å². The first-order chi connectivity index (χ1) is 7.61. The minimum absolute atomic E-state index is 0.0683. The summed E-state index contributed by atoms with van der Waals surface area (Å²) in [5.74, 6) is 0.0741. The van der Waals surface area contributed by atoms with Gasteiger partial charge in [0.05, 0.1) is 5.69 Å². The van der Waals surface area contributed by atoms with Gasteiger partial charge < -0.3 is 10.6 Å². The number of carbonyl (C=O) groups excluding carboxylic acids is 1. The lowest BCUT2D eigenvalue weighted by molar-refractivity contribution is -0.117. The molecule has 3 nitrogen and oxygen atoms in total. The molecular formula is C11H13ClN2OS. The highest BCUT2D eigenvalue weighted by atomic mass is 35.5. The molecule has 1 aromatic rings. The zero-order valence-electron chi connectivity index (χ0n) is 8.94. The lowest BCUT2D eigenvalue weighted by atomic mass is 10.3. The van der Waals surface area contributed by atoms with Gasteiger partial charge in [-0.2, -0.15) is 0 Å². The number of hydrogen-bond donors (Lipinski definition) is 1. The van der Waals surface area contributed by atoms with Crippen molar-refractivity contribution >= 4 is 35.0 Å². The van der Waals surface area contributed by atoms with Crippen molar-refractivity contribution in [3.63, 3.8) is 0 Å². The summed E-state index contributed by atoms with van der Waals surface area (Å²) in [6.45, 7) is 0.576. The number of nitrogens with two attached hydrogens (primary N) is 1. The van der Waals surface area contributed by atoms with Gasteiger partial charge in [-0.25, -0.2) is 0 Å². The van der Waals surface area contributed by atoms with E-state index in [4.69, 9.17) is 17.3 Å². The van der Waals surface area contributed by atoms with Crippen LogP contribution in [-0.4, -0.2) is 24.7 Å². The quantitative estimate of drug-likeness (QED) is 0.825. The Kier molecular flexibility index (Phi) is 3.42. The normalized spacial score (nSPS) is 20.6. The maximum atomic E-state index is 11.8. The van der Waals surface area contributed by atoms with Crippen LogP contribution in [0.5, 0.6) is 0 Å². The van der Waals surface area contributed by atoms with Crippen LogP contribution in [-0.2, 0) is 4.79 Å². The monoisotopic (exact) mass is 256 g/mol. The summed E-state index contributed by atoms with van der Waals surface area (Å²) in [6, 6.07) is 5.52. The van der Waals surface area contributed by atoms with Gasteiger partial charge in [0.1, 0.15) is 0 Å². The predicted molar refractivity (Wildman–Crippen MR) is 68.2 cm³/mol. The molecule has 2 rings (SSSR count). The van der Waals surface area contributed by atoms with Crippen LogP contribution in [0.4, 0.5) is 5.69 Å². The molecule has 0 aliphatic carbocycles. The van der Waals surface area contributed by atoms with Gasteiger partial charge in [0, 0.05) is 28.9 Å². The number of hydrogen-bond acceptors (Lipinski definition) is 3. The summed E-state index contributed by atoms with van der Waals surface area (Å²) >= 11 is 7.56. The highest BCUT2D eigenvalue weighted by molar-refractivity contribution is 7.98. The zero-order chi connectivity index (χ0) is 11.7. The SMILES string of the molecule is CSc1ccc(Cl)cc1N1CC(N)CC1=O. The Morgan fingerprint density at radius 2 is 2.31 bits per heavy atom. The minimum Gasteiger partial charge on any atom is -0.326 e. The summed E-state index contributed by atoms with van der Waals surface area (Å²) in [5, 5.41) is 0.640. The summed E-state index contributed by atoms with van der Waals surface area (Å²) in [5.41, 5.74) is 6.65. The third-order valence-corrected chi connectivity index (χ3v) is 3.61. The van der Waals surface area contributed by atoms with Crippen molar-refractivity contribution < 1.29 is 4.79 Å². The van der Waals surface area contributed by atoms with Crippen molar-refractivity contribution in [2.24, 2.45) is 5.73 Å². The van der Waals surface area contributed by atoms with E-state index in [0.717, 1.165) is 10.6 Å². The van der Waals surface area contributed by atoms with Gasteiger partial charge in [0.25, 0.3) is 0 Å².